The molecule has 10 heteroatoms. The van der Waals surface area contributed by atoms with E-state index in [-0.39, 0.29) is 53.2 Å². The molecule has 0 saturated carbocycles. The maximum Gasteiger partial charge on any atom is 0.410 e. The predicted octanol–water partition coefficient (Wildman–Crippen LogP) is 2.11. The summed E-state index contributed by atoms with van der Waals surface area (Å²) in [6, 6.07) is 3.61. The summed E-state index contributed by atoms with van der Waals surface area (Å²) in [5, 5.41) is 36.6. The van der Waals surface area contributed by atoms with Crippen LogP contribution in [-0.2, 0) is 28.2 Å². The Kier molecular flexibility index (Phi) is 5.60. The number of hydrogen-bond donors (Lipinski definition) is 4. The van der Waals surface area contributed by atoms with E-state index in [1.165, 1.54) is 30.0 Å². The lowest BCUT2D eigenvalue weighted by Crippen LogP contribution is -2.54. The summed E-state index contributed by atoms with van der Waals surface area (Å²) in [6.07, 6.45) is 0.593. The first kappa shape index (κ1) is 26.3. The van der Waals surface area contributed by atoms with Crippen molar-refractivity contribution in [1.82, 2.24) is 4.90 Å². The summed E-state index contributed by atoms with van der Waals surface area (Å²) < 4.78 is 11.5. The molecule has 1 amide bonds. The van der Waals surface area contributed by atoms with Crippen molar-refractivity contribution >= 4 is 23.3 Å². The summed E-state index contributed by atoms with van der Waals surface area (Å²) in [6.45, 7) is 4.14. The number of nitrogens with zero attached hydrogens (tertiary/aromatic N) is 1. The molecule has 1 saturated heterocycles. The van der Waals surface area contributed by atoms with E-state index in [1.807, 2.05) is 6.92 Å². The minimum absolute atomic E-state index is 0.0757. The van der Waals surface area contributed by atoms with Gasteiger partial charge in [-0.05, 0) is 54.8 Å². The molecule has 2 bridgehead atoms. The van der Waals surface area contributed by atoms with E-state index in [0.717, 1.165) is 0 Å². The first-order valence-corrected chi connectivity index (χ1v) is 13.7. The van der Waals surface area contributed by atoms with Crippen molar-refractivity contribution < 1.29 is 39.2 Å². The van der Waals surface area contributed by atoms with E-state index in [4.69, 9.17) is 9.47 Å². The molecule has 0 unspecified atom stereocenters. The van der Waals surface area contributed by atoms with E-state index in [2.05, 4.69) is 29.0 Å². The maximum atomic E-state index is 14.2. The number of hydrogen-bond acceptors (Lipinski definition) is 9. The molecule has 212 valence electrons. The SMILES string of the molecule is CCCOC(=O)N1Cc2cc3c(cc2C1)C(=O)c1c2c(cc(O)c1C3=O)[C@@]13O[C@@]1([C@@H](C)O)[C@H](C#C/C=C\C#C[C@H]3O)N2. The zero-order valence-electron chi connectivity index (χ0n) is 22.8. The lowest BCUT2D eigenvalue weighted by molar-refractivity contribution is 0.0867. The highest BCUT2D eigenvalue weighted by molar-refractivity contribution is 6.31. The number of ether oxygens (including phenoxy) is 2. The second-order valence-corrected chi connectivity index (χ2v) is 11.1. The lowest BCUT2D eigenvalue weighted by atomic mass is 9.69. The Labute approximate surface area is 240 Å². The summed E-state index contributed by atoms with van der Waals surface area (Å²) in [4.78, 5) is 42.1. The first-order chi connectivity index (χ1) is 20.2. The highest BCUT2D eigenvalue weighted by Gasteiger charge is 2.82. The molecule has 4 N–H and O–H groups in total. The van der Waals surface area contributed by atoms with Crippen molar-refractivity contribution in [3.63, 3.8) is 0 Å². The van der Waals surface area contributed by atoms with Crippen LogP contribution < -0.4 is 5.32 Å². The average Bonchev–Trinajstić information content (AvgIpc) is 3.55. The fraction of sp³-hybridized carbons (Fsp3) is 0.344. The largest absolute Gasteiger partial charge is 0.507 e. The molecular formula is C32H26N2O8. The molecule has 0 radical (unpaired) electrons. The highest BCUT2D eigenvalue weighted by Crippen LogP contribution is 2.67. The number of aliphatic hydroxyl groups is 2. The number of carbonyl (C=O) groups excluding carboxylic acids is 3. The van der Waals surface area contributed by atoms with Gasteiger partial charge in [0, 0.05) is 29.8 Å². The normalized spacial score (nSPS) is 28.6. The topological polar surface area (TPSA) is 149 Å². The molecule has 3 heterocycles. The van der Waals surface area contributed by atoms with Gasteiger partial charge in [0.25, 0.3) is 0 Å². The van der Waals surface area contributed by atoms with Crippen LogP contribution >= 0.6 is 0 Å². The molecule has 10 nitrogen and oxygen atoms in total. The Hall–Kier alpha value is -4.61. The Morgan fingerprint density at radius 1 is 1.12 bits per heavy atom. The molecule has 1 fully saturated rings. The van der Waals surface area contributed by atoms with E-state index < -0.39 is 52.9 Å². The van der Waals surface area contributed by atoms with E-state index in [1.54, 1.807) is 12.1 Å². The third-order valence-electron chi connectivity index (χ3n) is 8.69. The number of fused-ring (bicyclic) bond motifs is 5. The summed E-state index contributed by atoms with van der Waals surface area (Å²) >= 11 is 0. The zero-order chi connectivity index (χ0) is 29.6. The Balaban J connectivity index is 1.38. The second kappa shape index (κ2) is 8.94. The number of anilines is 1. The van der Waals surface area contributed by atoms with Gasteiger partial charge in [0.05, 0.1) is 29.5 Å². The standard InChI is InChI=1S/C32H26N2O8/c1-3-10-41-30(40)34-14-17-11-19-20(12-18(17)15-34)29(39)26-25(28(19)38)22(36)13-21-27(26)33-23-8-6-4-5-7-9-24(37)32(21)31(23,42-32)16(2)35/h4-5,11-13,16,23-24,33,35-37H,3,10,14-15H2,1-2H3/b5-4-/t16-,23+,24-,31+,32+/m1/s1. The fourth-order valence-electron chi connectivity index (χ4n) is 6.75. The maximum absolute atomic E-state index is 14.2. The molecule has 42 heavy (non-hydrogen) atoms. The van der Waals surface area contributed by atoms with Gasteiger partial charge in [-0.2, -0.15) is 0 Å². The van der Waals surface area contributed by atoms with Gasteiger partial charge in [0.1, 0.15) is 11.8 Å². The van der Waals surface area contributed by atoms with E-state index in [9.17, 15) is 29.7 Å². The number of allylic oxidation sites excluding steroid dienone is 2. The van der Waals surface area contributed by atoms with Gasteiger partial charge in [-0.15, -0.1) is 0 Å². The monoisotopic (exact) mass is 566 g/mol. The lowest BCUT2D eigenvalue weighted by Gasteiger charge is -2.37. The number of phenolic OH excluding ortho intramolecular Hbond substituents is 1. The van der Waals surface area contributed by atoms with Crippen LogP contribution in [0.2, 0.25) is 0 Å². The third-order valence-corrected chi connectivity index (χ3v) is 8.69. The van der Waals surface area contributed by atoms with Gasteiger partial charge in [-0.1, -0.05) is 30.6 Å². The van der Waals surface area contributed by atoms with Crippen molar-refractivity contribution in [3.8, 4) is 29.4 Å². The molecule has 7 rings (SSSR count). The fourth-order valence-corrected chi connectivity index (χ4v) is 6.75. The van der Waals surface area contributed by atoms with Crippen LogP contribution in [0.25, 0.3) is 0 Å². The summed E-state index contributed by atoms with van der Waals surface area (Å²) in [5.41, 5.74) is -1.27. The van der Waals surface area contributed by atoms with Crippen molar-refractivity contribution in [3.05, 3.63) is 69.3 Å². The number of carbonyl (C=O) groups is 3. The number of aliphatic hydroxyl groups excluding tert-OH is 2. The van der Waals surface area contributed by atoms with Gasteiger partial charge < -0.3 is 30.1 Å². The zero-order valence-corrected chi connectivity index (χ0v) is 22.8. The van der Waals surface area contributed by atoms with Crippen molar-refractivity contribution in [1.29, 1.82) is 0 Å². The number of nitrogens with one attached hydrogen (secondary N) is 1. The molecule has 2 aromatic carbocycles. The molecule has 5 atom stereocenters. The van der Waals surface area contributed by atoms with E-state index in [0.29, 0.717) is 17.5 Å². The minimum atomic E-state index is -1.63. The van der Waals surface area contributed by atoms with Crippen LogP contribution in [0.1, 0.15) is 68.8 Å². The van der Waals surface area contributed by atoms with Crippen LogP contribution in [0.4, 0.5) is 10.5 Å². The van der Waals surface area contributed by atoms with Gasteiger partial charge in [0.2, 0.25) is 0 Å². The number of amides is 1. The quantitative estimate of drug-likeness (QED) is 0.212. The third kappa shape index (κ3) is 3.26. The second-order valence-electron chi connectivity index (χ2n) is 11.1. The molecule has 2 aliphatic carbocycles. The van der Waals surface area contributed by atoms with Gasteiger partial charge >= 0.3 is 6.09 Å². The molecule has 0 aromatic heterocycles. The molecule has 2 aromatic rings. The average molecular weight is 567 g/mol. The van der Waals surface area contributed by atoms with Gasteiger partial charge in [0.15, 0.2) is 28.9 Å². The predicted molar refractivity (Wildman–Crippen MR) is 148 cm³/mol. The van der Waals surface area contributed by atoms with Crippen LogP contribution in [0.3, 0.4) is 0 Å². The van der Waals surface area contributed by atoms with Crippen LogP contribution in [0.15, 0.2) is 30.4 Å². The molecule has 5 aliphatic rings. The summed E-state index contributed by atoms with van der Waals surface area (Å²) in [5.74, 6) is 9.74. The first-order valence-electron chi connectivity index (χ1n) is 13.7. The van der Waals surface area contributed by atoms with Gasteiger partial charge in [-0.3, -0.25) is 14.5 Å². The minimum Gasteiger partial charge on any atom is -0.507 e. The Bertz CT molecular complexity index is 1790. The smallest absolute Gasteiger partial charge is 0.410 e. The Morgan fingerprint density at radius 3 is 2.40 bits per heavy atom. The number of ketones is 2. The number of aromatic hydroxyl groups is 1. The van der Waals surface area contributed by atoms with Crippen LogP contribution in [0, 0.1) is 23.7 Å². The molecular weight excluding hydrogens is 540 g/mol. The van der Waals surface area contributed by atoms with Crippen molar-refractivity contribution in [2.45, 2.75) is 62.8 Å². The highest BCUT2D eigenvalue weighted by atomic mass is 16.7. The molecule has 3 aliphatic heterocycles. The molecule has 0 spiro atoms. The summed E-state index contributed by atoms with van der Waals surface area (Å²) in [7, 11) is 0. The Morgan fingerprint density at radius 2 is 1.76 bits per heavy atom. The van der Waals surface area contributed by atoms with Gasteiger partial charge in [-0.25, -0.2) is 4.79 Å². The van der Waals surface area contributed by atoms with Crippen molar-refractivity contribution in [2.24, 2.45) is 0 Å². The van der Waals surface area contributed by atoms with Crippen LogP contribution in [0.5, 0.6) is 5.75 Å². The van der Waals surface area contributed by atoms with E-state index >= 15 is 0 Å². The number of epoxide rings is 1. The number of benzene rings is 2. The van der Waals surface area contributed by atoms with Crippen LogP contribution in [-0.4, -0.2) is 68.3 Å². The number of rotatable bonds is 3. The van der Waals surface area contributed by atoms with Crippen molar-refractivity contribution in [2.75, 3.05) is 11.9 Å². The number of phenols is 1.